The Morgan fingerprint density at radius 3 is 2.20 bits per heavy atom. The number of carbonyl (C=O) groups excluding carboxylic acids is 1. The molecule has 0 spiro atoms. The Hall–Kier alpha value is -1.81. The Kier molecular flexibility index (Phi) is 6.67. The fourth-order valence-corrected chi connectivity index (χ4v) is 0.761. The monoisotopic (exact) mass is 212 g/mol. The lowest BCUT2D eigenvalue weighted by Crippen LogP contribution is -1.72. The number of aliphatic hydroxyl groups excluding tert-OH is 1. The summed E-state index contributed by atoms with van der Waals surface area (Å²) in [6, 6.07) is 6.74. The zero-order valence-electron chi connectivity index (χ0n) is 7.42. The molecule has 1 N–H and O–H groups in total. The van der Waals surface area contributed by atoms with Gasteiger partial charge in [-0.3, -0.25) is 4.79 Å². The van der Waals surface area contributed by atoms with Crippen molar-refractivity contribution in [1.82, 2.24) is 0 Å². The molecule has 0 fully saturated rings. The highest BCUT2D eigenvalue weighted by Crippen LogP contribution is 1.96. The highest BCUT2D eigenvalue weighted by molar-refractivity contribution is 5.69. The van der Waals surface area contributed by atoms with Crippen molar-refractivity contribution >= 4 is 6.29 Å². The maximum absolute atomic E-state index is 9.77. The molecule has 2 aromatic rings. The summed E-state index contributed by atoms with van der Waals surface area (Å²) in [4.78, 5) is 9.77. The molecule has 0 aliphatic heterocycles. The van der Waals surface area contributed by atoms with Gasteiger partial charge in [0.15, 0.2) is 12.0 Å². The van der Waals surface area contributed by atoms with Crippen molar-refractivity contribution in [2.45, 2.75) is 14.0 Å². The smallest absolute Gasteiger partial charge is 0.185 e. The summed E-state index contributed by atoms with van der Waals surface area (Å²) < 4.78 is 9.35. The minimum atomic E-state index is -0.00694. The Labute approximate surface area is 89.6 Å². The van der Waals surface area contributed by atoms with E-state index in [-0.39, 0.29) is 15.5 Å². The van der Waals surface area contributed by atoms with Crippen molar-refractivity contribution in [2.24, 2.45) is 0 Å². The van der Waals surface area contributed by atoms with E-state index in [9.17, 15) is 4.79 Å². The van der Waals surface area contributed by atoms with Crippen LogP contribution in [0.1, 0.15) is 25.2 Å². The molecule has 2 aromatic heterocycles. The van der Waals surface area contributed by atoms with Gasteiger partial charge in [0.1, 0.15) is 12.4 Å². The van der Waals surface area contributed by atoms with Crippen LogP contribution in [0.3, 0.4) is 0 Å². The largest absolute Gasteiger partial charge is 0.467 e. The van der Waals surface area contributed by atoms with Gasteiger partial charge in [-0.2, -0.15) is 0 Å². The molecule has 0 saturated heterocycles. The molecule has 2 heterocycles. The third-order valence-electron chi connectivity index (χ3n) is 1.40. The van der Waals surface area contributed by atoms with Crippen LogP contribution in [-0.2, 0) is 6.61 Å². The van der Waals surface area contributed by atoms with E-state index >= 15 is 0 Å². The first-order chi connectivity index (χ1) is 6.86. The van der Waals surface area contributed by atoms with Crippen LogP contribution in [0.25, 0.3) is 0 Å². The fourth-order valence-electron chi connectivity index (χ4n) is 0.761. The normalized spacial score (nSPS) is 8.33. The standard InChI is InChI=1S/C5H6O2.C5H4O2.CH4.H2/c2*6-4-5-2-1-3-7-5;;/h1-3,6H,4H2;1-4H;1H4;1H. The first kappa shape index (κ1) is 13.2. The maximum Gasteiger partial charge on any atom is 0.185 e. The van der Waals surface area contributed by atoms with Gasteiger partial charge in [-0.15, -0.1) is 0 Å². The van der Waals surface area contributed by atoms with Gasteiger partial charge in [0.2, 0.25) is 0 Å². The van der Waals surface area contributed by atoms with Gasteiger partial charge in [0.05, 0.1) is 12.5 Å². The highest BCUT2D eigenvalue weighted by atomic mass is 16.4. The lowest BCUT2D eigenvalue weighted by molar-refractivity contribution is 0.110. The van der Waals surface area contributed by atoms with Crippen molar-refractivity contribution in [3.05, 3.63) is 48.3 Å². The first-order valence-electron chi connectivity index (χ1n) is 3.98. The van der Waals surface area contributed by atoms with Gasteiger partial charge in [-0.05, 0) is 24.3 Å². The van der Waals surface area contributed by atoms with Crippen LogP contribution >= 0.6 is 0 Å². The van der Waals surface area contributed by atoms with Crippen molar-refractivity contribution in [1.29, 1.82) is 0 Å². The second-order valence-corrected chi connectivity index (χ2v) is 2.37. The molecule has 4 nitrogen and oxygen atoms in total. The quantitative estimate of drug-likeness (QED) is 0.777. The Balaban J connectivity index is 0. The predicted molar refractivity (Wildman–Crippen MR) is 57.6 cm³/mol. The van der Waals surface area contributed by atoms with Crippen LogP contribution < -0.4 is 0 Å². The van der Waals surface area contributed by atoms with Crippen molar-refractivity contribution in [2.75, 3.05) is 0 Å². The van der Waals surface area contributed by atoms with Crippen LogP contribution in [0, 0.1) is 0 Å². The summed E-state index contributed by atoms with van der Waals surface area (Å²) in [5.74, 6) is 0.986. The van der Waals surface area contributed by atoms with Gasteiger partial charge >= 0.3 is 0 Å². The molecule has 0 unspecified atom stereocenters. The van der Waals surface area contributed by atoms with Gasteiger partial charge < -0.3 is 13.9 Å². The Morgan fingerprint density at radius 1 is 1.27 bits per heavy atom. The molecule has 15 heavy (non-hydrogen) atoms. The molecular weight excluding hydrogens is 196 g/mol. The van der Waals surface area contributed by atoms with Crippen LogP contribution in [-0.4, -0.2) is 11.4 Å². The summed E-state index contributed by atoms with van der Waals surface area (Å²) in [6.45, 7) is -0.00694. The van der Waals surface area contributed by atoms with E-state index in [2.05, 4.69) is 4.42 Å². The summed E-state index contributed by atoms with van der Waals surface area (Å²) in [5, 5.41) is 8.33. The molecule has 4 heteroatoms. The average molecular weight is 212 g/mol. The number of furan rings is 2. The zero-order valence-corrected chi connectivity index (χ0v) is 7.42. The topological polar surface area (TPSA) is 63.6 Å². The van der Waals surface area contributed by atoms with Crippen molar-refractivity contribution in [3.8, 4) is 0 Å². The second kappa shape index (κ2) is 7.58. The Bertz CT molecular complexity index is 340. The molecule has 0 aliphatic carbocycles. The number of aldehydes is 1. The highest BCUT2D eigenvalue weighted by Gasteiger charge is 1.86. The summed E-state index contributed by atoms with van der Waals surface area (Å²) in [5.41, 5.74) is 0. The molecule has 0 radical (unpaired) electrons. The number of hydrogen-bond acceptors (Lipinski definition) is 4. The average Bonchev–Trinajstić information content (AvgIpc) is 2.92. The van der Waals surface area contributed by atoms with E-state index in [1.54, 1.807) is 24.3 Å². The van der Waals surface area contributed by atoms with E-state index in [0.717, 1.165) is 0 Å². The molecule has 0 atom stereocenters. The van der Waals surface area contributed by atoms with Gasteiger partial charge in [-0.25, -0.2) is 0 Å². The maximum atomic E-state index is 9.77. The van der Waals surface area contributed by atoms with E-state index < -0.39 is 0 Å². The van der Waals surface area contributed by atoms with E-state index in [0.29, 0.717) is 17.8 Å². The van der Waals surface area contributed by atoms with Gasteiger partial charge in [0, 0.05) is 1.43 Å². The first-order valence-corrected chi connectivity index (χ1v) is 3.98. The molecule has 0 amide bonds. The van der Waals surface area contributed by atoms with Crippen LogP contribution in [0.4, 0.5) is 0 Å². The van der Waals surface area contributed by atoms with Gasteiger partial charge in [-0.1, -0.05) is 7.43 Å². The SMILES string of the molecule is C.O=Cc1ccco1.OCc1ccco1.[HH]. The number of carbonyl (C=O) groups is 1. The van der Waals surface area contributed by atoms with E-state index in [4.69, 9.17) is 9.52 Å². The zero-order chi connectivity index (χ0) is 10.2. The summed E-state index contributed by atoms with van der Waals surface area (Å²) >= 11 is 0. The van der Waals surface area contributed by atoms with Crippen molar-refractivity contribution in [3.63, 3.8) is 0 Å². The third kappa shape index (κ3) is 4.83. The summed E-state index contributed by atoms with van der Waals surface area (Å²) in [7, 11) is 0. The molecular formula is C11H16O4. The number of rotatable bonds is 2. The minimum Gasteiger partial charge on any atom is -0.467 e. The molecule has 0 bridgehead atoms. The van der Waals surface area contributed by atoms with Gasteiger partial charge in [0.25, 0.3) is 0 Å². The lowest BCUT2D eigenvalue weighted by atomic mass is 10.5. The van der Waals surface area contributed by atoms with Crippen molar-refractivity contribution < 1.29 is 20.2 Å². The number of hydrogen-bond donors (Lipinski definition) is 1. The van der Waals surface area contributed by atoms with E-state index in [1.807, 2.05) is 0 Å². The second-order valence-electron chi connectivity index (χ2n) is 2.37. The van der Waals surface area contributed by atoms with E-state index in [1.165, 1.54) is 12.5 Å². The molecule has 84 valence electrons. The third-order valence-corrected chi connectivity index (χ3v) is 1.40. The fraction of sp³-hybridized carbons (Fsp3) is 0.182. The Morgan fingerprint density at radius 2 is 1.93 bits per heavy atom. The molecule has 0 aromatic carbocycles. The predicted octanol–water partition coefficient (Wildman–Crippen LogP) is 2.75. The minimum absolute atomic E-state index is 0. The van der Waals surface area contributed by atoms with Crippen LogP contribution in [0.2, 0.25) is 0 Å². The van der Waals surface area contributed by atoms with Crippen LogP contribution in [0.15, 0.2) is 45.6 Å². The molecule has 0 saturated carbocycles. The number of aliphatic hydroxyl groups is 1. The van der Waals surface area contributed by atoms with Crippen LogP contribution in [0.5, 0.6) is 0 Å². The molecule has 0 aliphatic rings. The lowest BCUT2D eigenvalue weighted by Gasteiger charge is -1.79. The summed E-state index contributed by atoms with van der Waals surface area (Å²) in [6.07, 6.45) is 3.66. The molecule has 2 rings (SSSR count).